The first-order valence-corrected chi connectivity index (χ1v) is 15.8. The van der Waals surface area contributed by atoms with Crippen LogP contribution in [0.2, 0.25) is 0 Å². The molecule has 0 saturated carbocycles. The monoisotopic (exact) mass is 613 g/mol. The van der Waals surface area contributed by atoms with Crippen LogP contribution in [0.5, 0.6) is 0 Å². The van der Waals surface area contributed by atoms with Crippen LogP contribution in [-0.2, 0) is 9.59 Å². The first-order valence-electron chi connectivity index (χ1n) is 15.8. The molecule has 0 bridgehead atoms. The fraction of sp³-hybridized carbons (Fsp3) is 0.455. The Morgan fingerprint density at radius 3 is 2.40 bits per heavy atom. The Kier molecular flexibility index (Phi) is 9.08. The SMILES string of the molecule is Cc1cc2cc(NC(=NC3CCCCN(CC(=O)N4CCCC4)C3=O)NC(=O)c3ccc(C(=O)N4CCCC4)nc3)ccc2o1. The fourth-order valence-corrected chi connectivity index (χ4v) is 6.15. The third-order valence-electron chi connectivity index (χ3n) is 8.59. The highest BCUT2D eigenvalue weighted by Gasteiger charge is 2.31. The number of pyridine rings is 1. The number of benzene rings is 1. The summed E-state index contributed by atoms with van der Waals surface area (Å²) in [6, 6.07) is 9.77. The number of carbonyl (C=O) groups is 4. The van der Waals surface area contributed by atoms with E-state index < -0.39 is 11.9 Å². The van der Waals surface area contributed by atoms with Gasteiger partial charge < -0.3 is 24.4 Å². The third-order valence-corrected chi connectivity index (χ3v) is 8.59. The Hall–Kier alpha value is -4.74. The zero-order valence-electron chi connectivity index (χ0n) is 25.6. The van der Waals surface area contributed by atoms with Crippen LogP contribution in [0.1, 0.15) is 71.6 Å². The molecule has 236 valence electrons. The van der Waals surface area contributed by atoms with Gasteiger partial charge in [0.05, 0.1) is 12.1 Å². The van der Waals surface area contributed by atoms with Crippen molar-refractivity contribution in [3.8, 4) is 0 Å². The van der Waals surface area contributed by atoms with Gasteiger partial charge in [-0.25, -0.2) is 4.99 Å². The van der Waals surface area contributed by atoms with Gasteiger partial charge in [-0.15, -0.1) is 0 Å². The molecule has 2 N–H and O–H groups in total. The number of guanidine groups is 1. The molecule has 3 saturated heterocycles. The van der Waals surface area contributed by atoms with Gasteiger partial charge in [0.15, 0.2) is 0 Å². The van der Waals surface area contributed by atoms with Crippen molar-refractivity contribution in [1.29, 1.82) is 0 Å². The molecule has 0 aliphatic carbocycles. The highest BCUT2D eigenvalue weighted by molar-refractivity contribution is 6.11. The van der Waals surface area contributed by atoms with Gasteiger partial charge in [-0.05, 0) is 88.3 Å². The summed E-state index contributed by atoms with van der Waals surface area (Å²) in [6.45, 7) is 5.27. The highest BCUT2D eigenvalue weighted by atomic mass is 16.3. The third kappa shape index (κ3) is 7.16. The van der Waals surface area contributed by atoms with Crippen molar-refractivity contribution in [3.05, 3.63) is 59.6 Å². The molecule has 3 aliphatic heterocycles. The summed E-state index contributed by atoms with van der Waals surface area (Å²) in [5, 5.41) is 6.89. The van der Waals surface area contributed by atoms with Crippen molar-refractivity contribution in [3.63, 3.8) is 0 Å². The number of amides is 4. The molecule has 3 fully saturated rings. The summed E-state index contributed by atoms with van der Waals surface area (Å²) in [4.78, 5) is 66.9. The number of hydrogen-bond donors (Lipinski definition) is 2. The predicted molar refractivity (Wildman–Crippen MR) is 169 cm³/mol. The Bertz CT molecular complexity index is 1600. The largest absolute Gasteiger partial charge is 0.461 e. The van der Waals surface area contributed by atoms with Gasteiger partial charge in [-0.1, -0.05) is 0 Å². The van der Waals surface area contributed by atoms with E-state index in [0.29, 0.717) is 31.7 Å². The van der Waals surface area contributed by atoms with E-state index in [-0.39, 0.29) is 41.5 Å². The van der Waals surface area contributed by atoms with Crippen molar-refractivity contribution in [2.75, 3.05) is 44.6 Å². The molecule has 6 rings (SSSR count). The van der Waals surface area contributed by atoms with Gasteiger partial charge in [-0.3, -0.25) is 29.5 Å². The maximum absolute atomic E-state index is 13.7. The predicted octanol–water partition coefficient (Wildman–Crippen LogP) is 3.57. The molecule has 3 aliphatic rings. The lowest BCUT2D eigenvalue weighted by molar-refractivity contribution is -0.140. The van der Waals surface area contributed by atoms with Crippen molar-refractivity contribution < 1.29 is 23.6 Å². The second-order valence-electron chi connectivity index (χ2n) is 12.0. The number of carbonyl (C=O) groups excluding carboxylic acids is 4. The second kappa shape index (κ2) is 13.5. The molecule has 1 unspecified atom stereocenters. The van der Waals surface area contributed by atoms with Crippen LogP contribution in [-0.4, -0.2) is 94.6 Å². The molecule has 4 amide bonds. The second-order valence-corrected chi connectivity index (χ2v) is 12.0. The van der Waals surface area contributed by atoms with Gasteiger partial charge in [0.25, 0.3) is 11.8 Å². The van der Waals surface area contributed by atoms with Crippen molar-refractivity contribution in [1.82, 2.24) is 25.0 Å². The molecule has 0 spiro atoms. The zero-order chi connectivity index (χ0) is 31.3. The summed E-state index contributed by atoms with van der Waals surface area (Å²) in [6.07, 6.45) is 7.31. The maximum Gasteiger partial charge on any atom is 0.272 e. The lowest BCUT2D eigenvalue weighted by Gasteiger charge is -2.25. The summed E-state index contributed by atoms with van der Waals surface area (Å²) >= 11 is 0. The van der Waals surface area contributed by atoms with E-state index in [4.69, 9.17) is 9.41 Å². The number of anilines is 1. The molecule has 1 aromatic carbocycles. The van der Waals surface area contributed by atoms with E-state index in [0.717, 1.165) is 68.3 Å². The molecule has 1 atom stereocenters. The van der Waals surface area contributed by atoms with Crippen molar-refractivity contribution in [2.45, 2.75) is 57.9 Å². The number of nitrogens with one attached hydrogen (secondary N) is 2. The minimum atomic E-state index is -0.778. The minimum absolute atomic E-state index is 0.0324. The Balaban J connectivity index is 1.23. The fourth-order valence-electron chi connectivity index (χ4n) is 6.15. The normalized spacial score (nSPS) is 19.2. The van der Waals surface area contributed by atoms with Crippen LogP contribution in [0, 0.1) is 6.92 Å². The van der Waals surface area contributed by atoms with E-state index >= 15 is 0 Å². The van der Waals surface area contributed by atoms with Crippen LogP contribution in [0.25, 0.3) is 11.0 Å². The van der Waals surface area contributed by atoms with Crippen LogP contribution in [0.3, 0.4) is 0 Å². The Labute approximate surface area is 261 Å². The van der Waals surface area contributed by atoms with Crippen molar-refractivity contribution >= 4 is 46.2 Å². The topological polar surface area (TPSA) is 140 Å². The quantitative estimate of drug-likeness (QED) is 0.320. The van der Waals surface area contributed by atoms with E-state index in [1.807, 2.05) is 36.1 Å². The number of likely N-dealkylation sites (tertiary alicyclic amines) is 3. The average molecular weight is 614 g/mol. The summed E-state index contributed by atoms with van der Waals surface area (Å²) < 4.78 is 5.70. The van der Waals surface area contributed by atoms with Crippen LogP contribution in [0.4, 0.5) is 5.69 Å². The number of rotatable bonds is 6. The smallest absolute Gasteiger partial charge is 0.272 e. The number of furan rings is 1. The highest BCUT2D eigenvalue weighted by Crippen LogP contribution is 2.23. The molecule has 3 aromatic rings. The molecule has 12 heteroatoms. The molecule has 0 radical (unpaired) electrons. The number of fused-ring (bicyclic) bond motifs is 1. The van der Waals surface area contributed by atoms with Gasteiger partial charge in [-0.2, -0.15) is 0 Å². The Morgan fingerprint density at radius 1 is 0.933 bits per heavy atom. The number of aromatic nitrogens is 1. The first kappa shape index (κ1) is 30.3. The zero-order valence-corrected chi connectivity index (χ0v) is 25.6. The van der Waals surface area contributed by atoms with E-state index in [1.54, 1.807) is 21.9 Å². The Morgan fingerprint density at radius 2 is 1.67 bits per heavy atom. The van der Waals surface area contributed by atoms with Crippen LogP contribution >= 0.6 is 0 Å². The van der Waals surface area contributed by atoms with Crippen molar-refractivity contribution in [2.24, 2.45) is 4.99 Å². The molecule has 5 heterocycles. The molecular formula is C33H39N7O5. The lowest BCUT2D eigenvalue weighted by Crippen LogP contribution is -2.45. The number of nitrogens with zero attached hydrogens (tertiary/aromatic N) is 5. The van der Waals surface area contributed by atoms with E-state index in [1.165, 1.54) is 6.20 Å². The van der Waals surface area contributed by atoms with Gasteiger partial charge in [0.2, 0.25) is 17.8 Å². The van der Waals surface area contributed by atoms with Crippen LogP contribution < -0.4 is 10.6 Å². The number of hydrogen-bond acceptors (Lipinski definition) is 7. The average Bonchev–Trinajstić information content (AvgIpc) is 3.82. The minimum Gasteiger partial charge on any atom is -0.461 e. The lowest BCUT2D eigenvalue weighted by atomic mass is 10.1. The summed E-state index contributed by atoms with van der Waals surface area (Å²) in [5.74, 6) is -0.0379. The summed E-state index contributed by atoms with van der Waals surface area (Å²) in [5.41, 5.74) is 1.91. The standard InChI is InChI=1S/C33H39N7O5/c1-22-18-24-19-25(10-12-28(24)45-22)35-33(37-30(42)23-9-11-26(34-20-23)31(43)39-15-6-7-16-39)36-27-8-2-3-17-40(32(27)44)21-29(41)38-13-4-5-14-38/h9-12,18-20,27H,2-8,13-17,21H2,1H3,(H2,35,36,37,42). The number of aryl methyl sites for hydroxylation is 1. The molecule has 12 nitrogen and oxygen atoms in total. The van der Waals surface area contributed by atoms with Gasteiger partial charge in [0, 0.05) is 50.0 Å². The molecule has 45 heavy (non-hydrogen) atoms. The van der Waals surface area contributed by atoms with Gasteiger partial charge in [0.1, 0.15) is 23.1 Å². The first-order chi connectivity index (χ1) is 21.8. The number of aliphatic imine (C=N–C) groups is 1. The van der Waals surface area contributed by atoms with Gasteiger partial charge >= 0.3 is 0 Å². The van der Waals surface area contributed by atoms with Crippen LogP contribution in [0.15, 0.2) is 52.0 Å². The molecule has 2 aromatic heterocycles. The molecular weight excluding hydrogens is 574 g/mol. The van der Waals surface area contributed by atoms with E-state index in [2.05, 4.69) is 15.6 Å². The van der Waals surface area contributed by atoms with E-state index in [9.17, 15) is 19.2 Å². The summed E-state index contributed by atoms with van der Waals surface area (Å²) in [7, 11) is 0. The maximum atomic E-state index is 13.7.